The minimum absolute atomic E-state index is 0.229. The molecule has 4 heteroatoms. The number of nitrogens with one attached hydrogen (secondary N) is 1. The highest BCUT2D eigenvalue weighted by Gasteiger charge is 2.37. The van der Waals surface area contributed by atoms with E-state index in [1.54, 1.807) is 0 Å². The maximum Gasteiger partial charge on any atom is 0.0558 e. The number of aliphatic hydroxyl groups excluding tert-OH is 1. The normalized spacial score (nSPS) is 28.1. The summed E-state index contributed by atoms with van der Waals surface area (Å²) >= 11 is 0. The average Bonchev–Trinajstić information content (AvgIpc) is 2.36. The average molecular weight is 284 g/mol. The first kappa shape index (κ1) is 16.2. The Labute approximate surface area is 123 Å². The summed E-state index contributed by atoms with van der Waals surface area (Å²) in [6, 6.07) is 1.21. The van der Waals surface area contributed by atoms with E-state index in [1.165, 1.54) is 25.7 Å². The topological polar surface area (TPSA) is 44.7 Å². The van der Waals surface area contributed by atoms with Crippen molar-refractivity contribution >= 4 is 0 Å². The molecule has 4 nitrogen and oxygen atoms in total. The molecule has 0 amide bonds. The van der Waals surface area contributed by atoms with Crippen LogP contribution in [-0.2, 0) is 4.74 Å². The van der Waals surface area contributed by atoms with E-state index in [0.29, 0.717) is 12.1 Å². The van der Waals surface area contributed by atoms with Gasteiger partial charge < -0.3 is 15.2 Å². The summed E-state index contributed by atoms with van der Waals surface area (Å²) in [5, 5.41) is 13.0. The highest BCUT2D eigenvalue weighted by atomic mass is 16.5. The monoisotopic (exact) mass is 284 g/mol. The van der Waals surface area contributed by atoms with Crippen molar-refractivity contribution in [1.29, 1.82) is 0 Å². The molecule has 0 spiro atoms. The van der Waals surface area contributed by atoms with Crippen LogP contribution in [0.1, 0.15) is 46.0 Å². The fraction of sp³-hybridized carbons (Fsp3) is 1.00. The zero-order valence-corrected chi connectivity index (χ0v) is 13.2. The van der Waals surface area contributed by atoms with E-state index in [4.69, 9.17) is 4.74 Å². The van der Waals surface area contributed by atoms with Gasteiger partial charge in [0.25, 0.3) is 0 Å². The fourth-order valence-corrected chi connectivity index (χ4v) is 3.35. The Kier molecular flexibility index (Phi) is 6.27. The van der Waals surface area contributed by atoms with Crippen LogP contribution in [0.15, 0.2) is 0 Å². The molecule has 1 heterocycles. The van der Waals surface area contributed by atoms with Gasteiger partial charge in [0.05, 0.1) is 13.2 Å². The van der Waals surface area contributed by atoms with Crippen molar-refractivity contribution in [2.45, 2.75) is 58.0 Å². The van der Waals surface area contributed by atoms with Gasteiger partial charge in [-0.15, -0.1) is 0 Å². The minimum atomic E-state index is 0.229. The molecule has 1 aliphatic heterocycles. The third-order valence-corrected chi connectivity index (χ3v) is 4.81. The third kappa shape index (κ3) is 4.42. The zero-order chi connectivity index (χ0) is 14.4. The maximum atomic E-state index is 9.35. The molecule has 0 radical (unpaired) electrons. The molecule has 1 aliphatic carbocycles. The Bertz CT molecular complexity index is 274. The van der Waals surface area contributed by atoms with Crippen LogP contribution in [0.25, 0.3) is 0 Å². The van der Waals surface area contributed by atoms with Crippen LogP contribution < -0.4 is 5.32 Å². The molecular weight excluding hydrogens is 252 g/mol. The molecular formula is C16H32N2O2. The van der Waals surface area contributed by atoms with E-state index in [2.05, 4.69) is 24.1 Å². The lowest BCUT2D eigenvalue weighted by atomic mass is 9.80. The van der Waals surface area contributed by atoms with Gasteiger partial charge in [0, 0.05) is 43.7 Å². The first-order valence-corrected chi connectivity index (χ1v) is 8.31. The first-order valence-electron chi connectivity index (χ1n) is 8.31. The van der Waals surface area contributed by atoms with Crippen LogP contribution in [0.2, 0.25) is 0 Å². The highest BCUT2D eigenvalue weighted by Crippen LogP contribution is 2.33. The van der Waals surface area contributed by atoms with Crippen molar-refractivity contribution in [1.82, 2.24) is 10.2 Å². The summed E-state index contributed by atoms with van der Waals surface area (Å²) in [5.41, 5.74) is 0.229. The molecule has 118 valence electrons. The summed E-state index contributed by atoms with van der Waals surface area (Å²) in [6.45, 7) is 9.36. The maximum absolute atomic E-state index is 9.35. The minimum Gasteiger partial charge on any atom is -0.395 e. The Morgan fingerprint density at radius 2 is 2.15 bits per heavy atom. The van der Waals surface area contributed by atoms with E-state index >= 15 is 0 Å². The van der Waals surface area contributed by atoms with Crippen molar-refractivity contribution in [2.75, 3.05) is 39.5 Å². The molecule has 20 heavy (non-hydrogen) atoms. The van der Waals surface area contributed by atoms with Crippen LogP contribution in [0, 0.1) is 5.41 Å². The predicted octanol–water partition coefficient (Wildman–Crippen LogP) is 1.63. The van der Waals surface area contributed by atoms with Gasteiger partial charge in [-0.25, -0.2) is 0 Å². The van der Waals surface area contributed by atoms with E-state index in [-0.39, 0.29) is 12.0 Å². The molecule has 0 bridgehead atoms. The molecule has 1 saturated heterocycles. The van der Waals surface area contributed by atoms with Crippen LogP contribution in [0.5, 0.6) is 0 Å². The highest BCUT2D eigenvalue weighted by molar-refractivity contribution is 4.91. The van der Waals surface area contributed by atoms with Crippen LogP contribution in [-0.4, -0.2) is 61.5 Å². The summed E-state index contributed by atoms with van der Waals surface area (Å²) in [7, 11) is 0. The number of hydrogen-bond donors (Lipinski definition) is 2. The van der Waals surface area contributed by atoms with E-state index in [0.717, 1.165) is 39.3 Å². The molecule has 2 N–H and O–H groups in total. The van der Waals surface area contributed by atoms with Crippen molar-refractivity contribution in [3.8, 4) is 0 Å². The lowest BCUT2D eigenvalue weighted by Crippen LogP contribution is -2.54. The Balaban J connectivity index is 1.96. The fourth-order valence-electron chi connectivity index (χ4n) is 3.35. The number of nitrogens with zero attached hydrogens (tertiary/aromatic N) is 1. The van der Waals surface area contributed by atoms with Crippen molar-refractivity contribution in [3.63, 3.8) is 0 Å². The smallest absolute Gasteiger partial charge is 0.0558 e. The Morgan fingerprint density at radius 3 is 2.65 bits per heavy atom. The third-order valence-electron chi connectivity index (χ3n) is 4.81. The summed E-state index contributed by atoms with van der Waals surface area (Å²) < 4.78 is 5.80. The lowest BCUT2D eigenvalue weighted by Gasteiger charge is -2.46. The summed E-state index contributed by atoms with van der Waals surface area (Å²) in [5.74, 6) is 0. The van der Waals surface area contributed by atoms with Gasteiger partial charge in [0.1, 0.15) is 0 Å². The van der Waals surface area contributed by atoms with E-state index < -0.39 is 0 Å². The van der Waals surface area contributed by atoms with Gasteiger partial charge in [0.2, 0.25) is 0 Å². The number of rotatable bonds is 8. The molecule has 0 aromatic heterocycles. The first-order chi connectivity index (χ1) is 9.65. The molecule has 2 fully saturated rings. The number of ether oxygens (including phenoxy) is 1. The van der Waals surface area contributed by atoms with Gasteiger partial charge >= 0.3 is 0 Å². The molecule has 2 rings (SSSR count). The predicted molar refractivity (Wildman–Crippen MR) is 81.9 cm³/mol. The zero-order valence-electron chi connectivity index (χ0n) is 13.2. The molecule has 1 atom stereocenters. The van der Waals surface area contributed by atoms with Crippen LogP contribution >= 0.6 is 0 Å². The molecule has 2 aliphatic rings. The van der Waals surface area contributed by atoms with Crippen LogP contribution in [0.4, 0.5) is 0 Å². The van der Waals surface area contributed by atoms with Crippen molar-refractivity contribution < 1.29 is 9.84 Å². The summed E-state index contributed by atoms with van der Waals surface area (Å²) in [4.78, 5) is 2.51. The molecule has 1 saturated carbocycles. The Morgan fingerprint density at radius 1 is 1.35 bits per heavy atom. The SMILES string of the molecule is CC(C)NCC1(CN(CCO)C2CCC2)CCCOC1. The quantitative estimate of drug-likeness (QED) is 0.711. The number of hydrogen-bond acceptors (Lipinski definition) is 4. The van der Waals surface area contributed by atoms with Gasteiger partial charge in [0.15, 0.2) is 0 Å². The van der Waals surface area contributed by atoms with Crippen molar-refractivity contribution in [2.24, 2.45) is 5.41 Å². The number of aliphatic hydroxyl groups is 1. The van der Waals surface area contributed by atoms with Gasteiger partial charge in [-0.1, -0.05) is 20.3 Å². The Hall–Kier alpha value is -0.160. The molecule has 0 aromatic rings. The van der Waals surface area contributed by atoms with Gasteiger partial charge in [-0.05, 0) is 25.7 Å². The lowest BCUT2D eigenvalue weighted by molar-refractivity contribution is -0.0429. The van der Waals surface area contributed by atoms with E-state index in [9.17, 15) is 5.11 Å². The second-order valence-corrected chi connectivity index (χ2v) is 6.97. The summed E-state index contributed by atoms with van der Waals surface area (Å²) in [6.07, 6.45) is 6.35. The van der Waals surface area contributed by atoms with Crippen molar-refractivity contribution in [3.05, 3.63) is 0 Å². The molecule has 1 unspecified atom stereocenters. The molecule has 0 aromatic carbocycles. The largest absolute Gasteiger partial charge is 0.395 e. The van der Waals surface area contributed by atoms with Gasteiger partial charge in [-0.2, -0.15) is 0 Å². The standard InChI is InChI=1S/C16H32N2O2/c1-14(2)17-11-16(7-4-10-20-13-16)12-18(8-9-19)15-5-3-6-15/h14-15,17,19H,3-13H2,1-2H3. The second kappa shape index (κ2) is 7.74. The second-order valence-electron chi connectivity index (χ2n) is 6.97. The van der Waals surface area contributed by atoms with Crippen LogP contribution in [0.3, 0.4) is 0 Å². The van der Waals surface area contributed by atoms with Gasteiger partial charge in [-0.3, -0.25) is 4.90 Å². The van der Waals surface area contributed by atoms with E-state index in [1.807, 2.05) is 0 Å².